The second kappa shape index (κ2) is 6.12. The molecule has 2 rings (SSSR count). The lowest BCUT2D eigenvalue weighted by Gasteiger charge is -2.31. The summed E-state index contributed by atoms with van der Waals surface area (Å²) in [4.78, 5) is 5.37. The zero-order chi connectivity index (χ0) is 16.7. The third kappa shape index (κ3) is 3.48. The average molecular weight is 389 g/mol. The van der Waals surface area contributed by atoms with Gasteiger partial charge in [-0.15, -0.1) is 0 Å². The molecule has 0 radical (unpaired) electrons. The minimum absolute atomic E-state index is 0.155. The van der Waals surface area contributed by atoms with Crippen LogP contribution < -0.4 is 4.90 Å². The quantitative estimate of drug-likeness (QED) is 0.762. The van der Waals surface area contributed by atoms with Crippen LogP contribution in [0.25, 0.3) is 0 Å². The van der Waals surface area contributed by atoms with Gasteiger partial charge in [-0.3, -0.25) is 0 Å². The topological polar surface area (TPSA) is 93.6 Å². The van der Waals surface area contributed by atoms with E-state index in [4.69, 9.17) is 27.9 Å². The van der Waals surface area contributed by atoms with Crippen molar-refractivity contribution < 1.29 is 21.6 Å². The highest BCUT2D eigenvalue weighted by Gasteiger charge is 2.30. The average Bonchev–Trinajstić information content (AvgIpc) is 2.37. The van der Waals surface area contributed by atoms with E-state index in [1.165, 1.54) is 0 Å². The Hall–Kier alpha value is -0.610. The minimum Gasteiger partial charge on any atom is -0.378 e. The molecule has 1 aliphatic heterocycles. The summed E-state index contributed by atoms with van der Waals surface area (Å²) in [5.41, 5.74) is 0.155. The van der Waals surface area contributed by atoms with E-state index in [1.807, 2.05) is 0 Å². The molecule has 1 aliphatic rings. The van der Waals surface area contributed by atoms with Crippen LogP contribution in [0.1, 0.15) is 0 Å². The fourth-order valence-electron chi connectivity index (χ4n) is 2.05. The van der Waals surface area contributed by atoms with E-state index >= 15 is 0 Å². The van der Waals surface area contributed by atoms with E-state index in [-0.39, 0.29) is 15.7 Å². The molecule has 0 bridgehead atoms. The van der Waals surface area contributed by atoms with Gasteiger partial charge in [0.1, 0.15) is 10.0 Å². The predicted octanol–water partition coefficient (Wildman–Crippen LogP) is 1.03. The van der Waals surface area contributed by atoms with Gasteiger partial charge in [-0.1, -0.05) is 23.2 Å². The predicted molar refractivity (Wildman–Crippen MR) is 83.5 cm³/mol. The monoisotopic (exact) mass is 388 g/mol. The maximum atomic E-state index is 11.9. The highest BCUT2D eigenvalue weighted by molar-refractivity contribution is 7.91. The van der Waals surface area contributed by atoms with Gasteiger partial charge in [-0.25, -0.2) is 21.8 Å². The SMILES string of the molecule is CS(=O)(=O)c1nc(S(C)(=O)=O)c(Cl)c(N2CCOCC2)c1Cl. The van der Waals surface area contributed by atoms with Crippen molar-refractivity contribution in [1.29, 1.82) is 0 Å². The molecule has 7 nitrogen and oxygen atoms in total. The maximum Gasteiger partial charge on any atom is 0.194 e. The van der Waals surface area contributed by atoms with Crippen LogP contribution in [0.4, 0.5) is 5.69 Å². The molecule has 22 heavy (non-hydrogen) atoms. The van der Waals surface area contributed by atoms with Crippen molar-refractivity contribution in [3.8, 4) is 0 Å². The Labute approximate surface area is 139 Å². The van der Waals surface area contributed by atoms with Crippen LogP contribution >= 0.6 is 23.2 Å². The van der Waals surface area contributed by atoms with E-state index in [2.05, 4.69) is 4.98 Å². The summed E-state index contributed by atoms with van der Waals surface area (Å²) >= 11 is 12.3. The summed E-state index contributed by atoms with van der Waals surface area (Å²) in [7, 11) is -7.64. The molecule has 2 heterocycles. The number of halogens is 2. The molecule has 11 heteroatoms. The number of anilines is 1. The van der Waals surface area contributed by atoms with Crippen molar-refractivity contribution in [3.63, 3.8) is 0 Å². The summed E-state index contributed by atoms with van der Waals surface area (Å²) in [6.07, 6.45) is 1.81. The molecule has 0 unspecified atom stereocenters. The van der Waals surface area contributed by atoms with E-state index in [0.29, 0.717) is 26.3 Å². The second-order valence-corrected chi connectivity index (χ2v) is 9.46. The zero-order valence-electron chi connectivity index (χ0n) is 11.8. The summed E-state index contributed by atoms with van der Waals surface area (Å²) in [5, 5.41) is -1.36. The van der Waals surface area contributed by atoms with Crippen molar-refractivity contribution in [2.24, 2.45) is 0 Å². The largest absolute Gasteiger partial charge is 0.378 e. The Balaban J connectivity index is 2.80. The Morgan fingerprint density at radius 3 is 1.73 bits per heavy atom. The summed E-state index contributed by atoms with van der Waals surface area (Å²) in [5.74, 6) is 0. The lowest BCUT2D eigenvalue weighted by molar-refractivity contribution is 0.122. The Morgan fingerprint density at radius 2 is 1.36 bits per heavy atom. The second-order valence-electron chi connectivity index (χ2n) is 4.84. The van der Waals surface area contributed by atoms with Crippen molar-refractivity contribution in [2.45, 2.75) is 10.1 Å². The van der Waals surface area contributed by atoms with Crippen LogP contribution in [0.5, 0.6) is 0 Å². The van der Waals surface area contributed by atoms with E-state index in [0.717, 1.165) is 12.5 Å². The van der Waals surface area contributed by atoms with Gasteiger partial charge >= 0.3 is 0 Å². The molecule has 0 atom stereocenters. The number of pyridine rings is 1. The molecule has 0 amide bonds. The molecular formula is C11H14Cl2N2O5S2. The van der Waals surface area contributed by atoms with E-state index in [9.17, 15) is 16.8 Å². The van der Waals surface area contributed by atoms with Gasteiger partial charge in [0, 0.05) is 25.6 Å². The molecular weight excluding hydrogens is 375 g/mol. The van der Waals surface area contributed by atoms with Crippen molar-refractivity contribution >= 4 is 48.6 Å². The van der Waals surface area contributed by atoms with Gasteiger partial charge in [0.05, 0.1) is 18.9 Å². The molecule has 1 aromatic rings. The molecule has 0 N–H and O–H groups in total. The number of ether oxygens (including phenoxy) is 1. The third-order valence-corrected chi connectivity index (χ3v) is 5.96. The van der Waals surface area contributed by atoms with Crippen LogP contribution in [0.2, 0.25) is 10.0 Å². The van der Waals surface area contributed by atoms with Crippen LogP contribution in [0.15, 0.2) is 10.1 Å². The number of hydrogen-bond donors (Lipinski definition) is 0. The summed E-state index contributed by atoms with van der Waals surface area (Å²) < 4.78 is 52.6. The van der Waals surface area contributed by atoms with Crippen LogP contribution in [0, 0.1) is 0 Å². The fourth-order valence-corrected chi connectivity index (χ4v) is 4.86. The van der Waals surface area contributed by atoms with Gasteiger partial charge < -0.3 is 9.64 Å². The van der Waals surface area contributed by atoms with Crippen LogP contribution in [0.3, 0.4) is 0 Å². The molecule has 0 spiro atoms. The number of aromatic nitrogens is 1. The fraction of sp³-hybridized carbons (Fsp3) is 0.545. The van der Waals surface area contributed by atoms with Crippen molar-refractivity contribution in [2.75, 3.05) is 43.7 Å². The standard InChI is InChI=1S/C11H14Cl2N2O5S2/c1-21(16,17)10-7(12)9(15-3-5-20-6-4-15)8(13)11(14-10)22(2,18)19/h3-6H2,1-2H3. The molecule has 1 aromatic heterocycles. The summed E-state index contributed by atoms with van der Waals surface area (Å²) in [6.45, 7) is 1.63. The number of rotatable bonds is 3. The van der Waals surface area contributed by atoms with E-state index < -0.39 is 29.7 Å². The first kappa shape index (κ1) is 17.7. The third-order valence-electron chi connectivity index (χ3n) is 3.02. The van der Waals surface area contributed by atoms with Crippen molar-refractivity contribution in [1.82, 2.24) is 4.98 Å². The first-order valence-electron chi connectivity index (χ1n) is 6.15. The van der Waals surface area contributed by atoms with Crippen LogP contribution in [-0.4, -0.2) is 60.6 Å². The first-order valence-corrected chi connectivity index (χ1v) is 10.7. The van der Waals surface area contributed by atoms with Gasteiger partial charge in [-0.2, -0.15) is 0 Å². The molecule has 0 saturated carbocycles. The van der Waals surface area contributed by atoms with Gasteiger partial charge in [-0.05, 0) is 0 Å². The normalized spacial score (nSPS) is 16.8. The van der Waals surface area contributed by atoms with Crippen LogP contribution in [-0.2, 0) is 24.4 Å². The van der Waals surface area contributed by atoms with E-state index in [1.54, 1.807) is 4.90 Å². The highest BCUT2D eigenvalue weighted by atomic mass is 35.5. The van der Waals surface area contributed by atoms with Gasteiger partial charge in [0.25, 0.3) is 0 Å². The molecule has 0 aromatic carbocycles. The highest BCUT2D eigenvalue weighted by Crippen LogP contribution is 2.40. The number of sulfone groups is 2. The first-order chi connectivity index (χ1) is 10.0. The molecule has 1 fully saturated rings. The smallest absolute Gasteiger partial charge is 0.194 e. The number of hydrogen-bond acceptors (Lipinski definition) is 7. The molecule has 0 aliphatic carbocycles. The van der Waals surface area contributed by atoms with Gasteiger partial charge in [0.2, 0.25) is 0 Å². The number of morpholine rings is 1. The zero-order valence-corrected chi connectivity index (χ0v) is 15.0. The Morgan fingerprint density at radius 1 is 0.955 bits per heavy atom. The maximum absolute atomic E-state index is 11.9. The Kier molecular flexibility index (Phi) is 4.94. The van der Waals surface area contributed by atoms with Crippen molar-refractivity contribution in [3.05, 3.63) is 10.0 Å². The molecule has 1 saturated heterocycles. The minimum atomic E-state index is -3.82. The lowest BCUT2D eigenvalue weighted by Crippen LogP contribution is -2.37. The van der Waals surface area contributed by atoms with Gasteiger partial charge in [0.15, 0.2) is 29.7 Å². The number of nitrogens with zero attached hydrogens (tertiary/aromatic N) is 2. The Bertz CT molecular complexity index is 746. The summed E-state index contributed by atoms with van der Waals surface area (Å²) in [6, 6.07) is 0. The lowest BCUT2D eigenvalue weighted by atomic mass is 10.3. The molecule has 124 valence electrons.